The fourth-order valence-corrected chi connectivity index (χ4v) is 9.88. The molecule has 3 unspecified atom stereocenters. The van der Waals surface area contributed by atoms with Gasteiger partial charge < -0.3 is 19.7 Å². The molecule has 0 aromatic heterocycles. The number of carbonyl (C=O) groups is 4. The number of alkyl carbamates (subject to hydrolysis) is 1. The summed E-state index contributed by atoms with van der Waals surface area (Å²) in [5, 5.41) is 4.19. The summed E-state index contributed by atoms with van der Waals surface area (Å²) in [6.07, 6.45) is 9.04. The fraction of sp³-hybridized carbons (Fsp3) is 0.511. The van der Waals surface area contributed by atoms with Crippen molar-refractivity contribution in [2.24, 2.45) is 39.6 Å². The predicted octanol–water partition coefficient (Wildman–Crippen LogP) is 7.36. The molecule has 2 aliphatic carbocycles. The zero-order valence-electron chi connectivity index (χ0n) is 34.2. The van der Waals surface area contributed by atoms with E-state index in [4.69, 9.17) is 19.5 Å². The molecule has 12 nitrogen and oxygen atoms in total. The van der Waals surface area contributed by atoms with Gasteiger partial charge in [0.05, 0.1) is 31.7 Å². The van der Waals surface area contributed by atoms with Crippen molar-refractivity contribution in [2.45, 2.75) is 97.7 Å². The fourth-order valence-electron chi connectivity index (χ4n) is 9.88. The standard InChI is InChI=1S/C45H56N6O6/c1-25(2)41(48-44(54)56-6)43(53)50-18-8-9-38(50)33-21-37(47-23-33)35-17-16-30(19-27(35)5)28-10-12-29(13-11-28)36-22-34(24-46-36)39-31-14-15-32(20-31)40(39)42(52)51(26(3)4)49-45(55)57-7/h10-13,16-17,19,23-26,31-32,38-41H,8-9,14-15,18,20-22H2,1-7H3,(H,48,54)(H,49,55)/t31?,32?,38-,39?,40-,41-/m0/s1. The lowest BCUT2D eigenvalue weighted by atomic mass is 9.73. The van der Waals surface area contributed by atoms with E-state index in [1.165, 1.54) is 24.8 Å². The van der Waals surface area contributed by atoms with E-state index in [-0.39, 0.29) is 41.7 Å². The van der Waals surface area contributed by atoms with E-state index < -0.39 is 18.2 Å². The zero-order chi connectivity index (χ0) is 40.5. The smallest absolute Gasteiger partial charge is 0.425 e. The summed E-state index contributed by atoms with van der Waals surface area (Å²) >= 11 is 0. The molecule has 1 saturated heterocycles. The second kappa shape index (κ2) is 16.7. The Hall–Kier alpha value is -5.26. The van der Waals surface area contributed by atoms with Crippen LogP contribution in [0.5, 0.6) is 0 Å². The van der Waals surface area contributed by atoms with Crippen LogP contribution in [-0.2, 0) is 19.1 Å². The highest BCUT2D eigenvalue weighted by Crippen LogP contribution is 2.56. The van der Waals surface area contributed by atoms with E-state index in [1.54, 1.807) is 0 Å². The normalized spacial score (nSPS) is 24.2. The number of hydrogen-bond donors (Lipinski definition) is 2. The Morgan fingerprint density at radius 1 is 0.807 bits per heavy atom. The third kappa shape index (κ3) is 8.00. The monoisotopic (exact) mass is 776 g/mol. The lowest BCUT2D eigenvalue weighted by Crippen LogP contribution is -2.54. The molecule has 2 aromatic carbocycles. The summed E-state index contributed by atoms with van der Waals surface area (Å²) in [5.41, 5.74) is 12.5. The molecule has 5 aliphatic rings. The first kappa shape index (κ1) is 40.0. The Morgan fingerprint density at radius 2 is 1.46 bits per heavy atom. The van der Waals surface area contributed by atoms with Gasteiger partial charge in [-0.25, -0.2) is 20.0 Å². The van der Waals surface area contributed by atoms with E-state index in [0.717, 1.165) is 76.9 Å². The largest absolute Gasteiger partial charge is 0.453 e. The molecule has 3 fully saturated rings. The van der Waals surface area contributed by atoms with Crippen molar-refractivity contribution >= 4 is 35.4 Å². The van der Waals surface area contributed by atoms with E-state index >= 15 is 0 Å². The molecule has 4 amide bonds. The SMILES string of the molecule is COC(=O)N[C@H](C(=O)N1CCC[C@H]1C1=CN=C(c2ccc(-c3ccc(C4=NC=C(C5C6CCC(C6)[C@@H]5C(=O)N(NC(=O)OC)C(C)C)C4)cc3)cc2C)C1)C(C)C. The van der Waals surface area contributed by atoms with Crippen LogP contribution in [0.25, 0.3) is 11.1 Å². The van der Waals surface area contributed by atoms with Crippen LogP contribution in [0.1, 0.15) is 89.3 Å². The molecule has 7 rings (SSSR count). The van der Waals surface area contributed by atoms with Crippen LogP contribution in [-0.4, -0.2) is 84.2 Å². The second-order valence-electron chi connectivity index (χ2n) is 16.9. The molecule has 0 spiro atoms. The Kier molecular flexibility index (Phi) is 11.7. The number of ether oxygens (including phenoxy) is 2. The minimum absolute atomic E-state index is 0.0390. The Balaban J connectivity index is 0.978. The number of amides is 4. The molecule has 2 aromatic rings. The maximum atomic E-state index is 14.0. The number of rotatable bonds is 10. The van der Waals surface area contributed by atoms with Gasteiger partial charge in [-0.05, 0) is 116 Å². The molecule has 2 bridgehead atoms. The molecular formula is C45H56N6O6. The predicted molar refractivity (Wildman–Crippen MR) is 219 cm³/mol. The number of nitrogens with zero attached hydrogens (tertiary/aromatic N) is 4. The van der Waals surface area contributed by atoms with Gasteiger partial charge >= 0.3 is 12.2 Å². The summed E-state index contributed by atoms with van der Waals surface area (Å²) in [5.74, 6) is 0.484. The van der Waals surface area contributed by atoms with Crippen LogP contribution in [0.4, 0.5) is 9.59 Å². The van der Waals surface area contributed by atoms with Gasteiger partial charge in [0, 0.05) is 43.7 Å². The van der Waals surface area contributed by atoms with Crippen molar-refractivity contribution < 1.29 is 28.7 Å². The van der Waals surface area contributed by atoms with Crippen molar-refractivity contribution in [1.82, 2.24) is 20.7 Å². The number of hydrazine groups is 1. The Bertz CT molecular complexity index is 2030. The maximum absolute atomic E-state index is 14.0. The lowest BCUT2D eigenvalue weighted by Gasteiger charge is -2.36. The Labute approximate surface area is 335 Å². The molecular weight excluding hydrogens is 721 g/mol. The highest BCUT2D eigenvalue weighted by atomic mass is 16.5. The number of carbonyl (C=O) groups excluding carboxylic acids is 4. The number of hydrogen-bond acceptors (Lipinski definition) is 8. The third-order valence-corrected chi connectivity index (χ3v) is 12.7. The number of fused-ring (bicyclic) bond motifs is 2. The molecule has 3 aliphatic heterocycles. The molecule has 6 atom stereocenters. The first-order valence-corrected chi connectivity index (χ1v) is 20.4. The highest BCUT2D eigenvalue weighted by Gasteiger charge is 2.53. The van der Waals surface area contributed by atoms with Gasteiger partial charge in [0.2, 0.25) is 11.8 Å². The molecule has 2 N–H and O–H groups in total. The number of allylic oxidation sites excluding steroid dienone is 1. The van der Waals surface area contributed by atoms with E-state index in [1.807, 2.05) is 45.0 Å². The number of benzene rings is 2. The van der Waals surface area contributed by atoms with Gasteiger partial charge in [0.25, 0.3) is 0 Å². The van der Waals surface area contributed by atoms with Gasteiger partial charge in [-0.15, -0.1) is 0 Å². The quantitative estimate of drug-likeness (QED) is 0.242. The summed E-state index contributed by atoms with van der Waals surface area (Å²) < 4.78 is 9.60. The molecule has 302 valence electrons. The van der Waals surface area contributed by atoms with Gasteiger partial charge in [-0.1, -0.05) is 56.3 Å². The van der Waals surface area contributed by atoms with Crippen molar-refractivity contribution in [3.63, 3.8) is 0 Å². The lowest BCUT2D eigenvalue weighted by molar-refractivity contribution is -0.143. The van der Waals surface area contributed by atoms with Gasteiger partial charge in [0.15, 0.2) is 0 Å². The summed E-state index contributed by atoms with van der Waals surface area (Å²) in [4.78, 5) is 63.3. The molecule has 12 heteroatoms. The topological polar surface area (TPSA) is 142 Å². The molecule has 57 heavy (non-hydrogen) atoms. The summed E-state index contributed by atoms with van der Waals surface area (Å²) in [6.45, 7) is 10.4. The van der Waals surface area contributed by atoms with Gasteiger partial charge in [-0.3, -0.25) is 19.6 Å². The summed E-state index contributed by atoms with van der Waals surface area (Å²) in [6, 6.07) is 14.2. The van der Waals surface area contributed by atoms with Crippen LogP contribution in [0.3, 0.4) is 0 Å². The number of nitrogens with one attached hydrogen (secondary N) is 2. The van der Waals surface area contributed by atoms with Crippen molar-refractivity contribution in [3.05, 3.63) is 82.7 Å². The molecule has 3 heterocycles. The average molecular weight is 777 g/mol. The third-order valence-electron chi connectivity index (χ3n) is 12.7. The van der Waals surface area contributed by atoms with Crippen molar-refractivity contribution in [3.8, 4) is 11.1 Å². The minimum atomic E-state index is -0.651. The van der Waals surface area contributed by atoms with Crippen LogP contribution >= 0.6 is 0 Å². The van der Waals surface area contributed by atoms with Gasteiger partial charge in [-0.2, -0.15) is 0 Å². The number of aryl methyl sites for hydroxylation is 1. The second-order valence-corrected chi connectivity index (χ2v) is 16.9. The van der Waals surface area contributed by atoms with Crippen LogP contribution in [0, 0.1) is 36.5 Å². The molecule has 2 saturated carbocycles. The maximum Gasteiger partial charge on any atom is 0.425 e. The highest BCUT2D eigenvalue weighted by molar-refractivity contribution is 6.06. The van der Waals surface area contributed by atoms with Gasteiger partial charge in [0.1, 0.15) is 6.04 Å². The first-order chi connectivity index (χ1) is 27.4. The van der Waals surface area contributed by atoms with Crippen LogP contribution in [0.15, 0.2) is 76.0 Å². The summed E-state index contributed by atoms with van der Waals surface area (Å²) in [7, 11) is 2.61. The number of likely N-dealkylation sites (tertiary alicyclic amines) is 1. The zero-order valence-corrected chi connectivity index (χ0v) is 34.2. The van der Waals surface area contributed by atoms with E-state index in [9.17, 15) is 19.2 Å². The first-order valence-electron chi connectivity index (χ1n) is 20.4. The van der Waals surface area contributed by atoms with Crippen LogP contribution in [0.2, 0.25) is 0 Å². The van der Waals surface area contributed by atoms with Crippen molar-refractivity contribution in [2.75, 3.05) is 20.8 Å². The Morgan fingerprint density at radius 3 is 2.14 bits per heavy atom. The minimum Gasteiger partial charge on any atom is -0.453 e. The van der Waals surface area contributed by atoms with E-state index in [0.29, 0.717) is 31.2 Å². The number of aliphatic imine (C=N–C) groups is 2. The number of methoxy groups -OCH3 is 2. The molecule has 0 radical (unpaired) electrons. The van der Waals surface area contributed by atoms with Crippen molar-refractivity contribution in [1.29, 1.82) is 0 Å². The average Bonchev–Trinajstić information content (AvgIpc) is 4.06. The van der Waals surface area contributed by atoms with Crippen LogP contribution < -0.4 is 10.7 Å². The van der Waals surface area contributed by atoms with E-state index in [2.05, 4.69) is 60.1 Å².